The molecule has 0 aliphatic carbocycles. The average Bonchev–Trinajstić information content (AvgIpc) is 2.04. The van der Waals surface area contributed by atoms with Gasteiger partial charge in [0, 0.05) is 0 Å². The van der Waals surface area contributed by atoms with Crippen molar-refractivity contribution in [3.05, 3.63) is 40.3 Å². The molecule has 0 saturated carbocycles. The molecule has 0 bridgehead atoms. The van der Waals surface area contributed by atoms with Gasteiger partial charge in [-0.25, -0.2) is 0 Å². The van der Waals surface area contributed by atoms with Crippen LogP contribution in [0.3, 0.4) is 0 Å². The van der Waals surface area contributed by atoms with Gasteiger partial charge in [0.25, 0.3) is 0 Å². The molecular formula is C9H6F3Ge. The van der Waals surface area contributed by atoms with Gasteiger partial charge in [0.1, 0.15) is 0 Å². The maximum absolute atomic E-state index is 12.1. The van der Waals surface area contributed by atoms with Crippen molar-refractivity contribution in [3.63, 3.8) is 0 Å². The van der Waals surface area contributed by atoms with Gasteiger partial charge >= 0.3 is 82.2 Å². The summed E-state index contributed by atoms with van der Waals surface area (Å²) in [5, 5.41) is 0. The van der Waals surface area contributed by atoms with E-state index in [0.29, 0.717) is 0 Å². The number of rotatable bonds is 1. The van der Waals surface area contributed by atoms with E-state index in [1.165, 1.54) is 12.1 Å². The molecular weight excluding hydrogens is 238 g/mol. The zero-order valence-electron chi connectivity index (χ0n) is 6.60. The van der Waals surface area contributed by atoms with Crippen LogP contribution in [0.5, 0.6) is 0 Å². The molecule has 13 heavy (non-hydrogen) atoms. The van der Waals surface area contributed by atoms with Gasteiger partial charge in [0.05, 0.1) is 0 Å². The van der Waals surface area contributed by atoms with Crippen LogP contribution in [-0.2, 0) is 6.18 Å². The Kier molecular flexibility index (Phi) is 3.19. The molecule has 0 spiro atoms. The zero-order chi connectivity index (χ0) is 9.90. The van der Waals surface area contributed by atoms with Crippen molar-refractivity contribution in [3.8, 4) is 0 Å². The van der Waals surface area contributed by atoms with Crippen LogP contribution in [0.25, 0.3) is 6.08 Å². The number of benzene rings is 1. The second-order valence-corrected chi connectivity index (χ2v) is 3.15. The summed E-state index contributed by atoms with van der Waals surface area (Å²) in [4.78, 5) is 1.78. The summed E-state index contributed by atoms with van der Waals surface area (Å²) < 4.78 is 36.3. The van der Waals surface area contributed by atoms with E-state index in [9.17, 15) is 13.2 Å². The molecule has 0 nitrogen and oxygen atoms in total. The van der Waals surface area contributed by atoms with E-state index in [2.05, 4.69) is 0 Å². The van der Waals surface area contributed by atoms with Crippen LogP contribution in [0, 0.1) is 0 Å². The van der Waals surface area contributed by atoms with E-state index < -0.39 is 11.7 Å². The van der Waals surface area contributed by atoms with Crippen molar-refractivity contribution in [2.24, 2.45) is 0 Å². The monoisotopic (exact) mass is 245 g/mol. The van der Waals surface area contributed by atoms with Crippen LogP contribution < -0.4 is 0 Å². The Hall–Kier alpha value is -0.707. The van der Waals surface area contributed by atoms with E-state index in [4.69, 9.17) is 0 Å². The number of alkyl halides is 3. The number of halogens is 3. The molecule has 1 aromatic carbocycles. The zero-order valence-corrected chi connectivity index (χ0v) is 8.70. The SMILES string of the molecule is FC(F)(F)c1ccc(C=[CH][Ge])cc1. The standard InChI is InChI=1S/C9H6F3Ge/c10-9(11,12)8-3-1-7(2-4-8)5-6-13/h1-6H. The second kappa shape index (κ2) is 4.00. The summed E-state index contributed by atoms with van der Waals surface area (Å²) in [5.41, 5.74) is 0.163. The summed E-state index contributed by atoms with van der Waals surface area (Å²) in [7, 11) is 0. The molecule has 1 rings (SSSR count). The van der Waals surface area contributed by atoms with Crippen LogP contribution >= 0.6 is 0 Å². The minimum absolute atomic E-state index is 0.610. The molecule has 0 N–H and O–H groups in total. The molecule has 0 amide bonds. The van der Waals surface area contributed by atoms with E-state index in [1.54, 1.807) is 11.0 Å². The number of hydrogen-bond donors (Lipinski definition) is 0. The van der Waals surface area contributed by atoms with Gasteiger partial charge in [0.15, 0.2) is 0 Å². The minimum atomic E-state index is -4.24. The quantitative estimate of drug-likeness (QED) is 0.666. The fraction of sp³-hybridized carbons (Fsp3) is 0.111. The van der Waals surface area contributed by atoms with Crippen molar-refractivity contribution < 1.29 is 13.2 Å². The Labute approximate surface area is 82.7 Å². The Balaban J connectivity index is 2.94. The van der Waals surface area contributed by atoms with Crippen LogP contribution in [0.1, 0.15) is 11.1 Å². The summed E-state index contributed by atoms with van der Waals surface area (Å²) in [6.07, 6.45) is -2.49. The van der Waals surface area contributed by atoms with Gasteiger partial charge in [-0.1, -0.05) is 0 Å². The van der Waals surface area contributed by atoms with Crippen molar-refractivity contribution in [1.82, 2.24) is 0 Å². The summed E-state index contributed by atoms with van der Waals surface area (Å²) in [6, 6.07) is 5.05. The van der Waals surface area contributed by atoms with E-state index in [1.807, 2.05) is 16.5 Å². The fourth-order valence-electron chi connectivity index (χ4n) is 0.879. The van der Waals surface area contributed by atoms with Gasteiger partial charge in [-0.2, -0.15) is 0 Å². The van der Waals surface area contributed by atoms with Gasteiger partial charge in [-0.3, -0.25) is 0 Å². The fourth-order valence-corrected chi connectivity index (χ4v) is 1.28. The van der Waals surface area contributed by atoms with Crippen LogP contribution in [-0.4, -0.2) is 16.5 Å². The molecule has 3 radical (unpaired) electrons. The Morgan fingerprint density at radius 1 is 1.08 bits per heavy atom. The van der Waals surface area contributed by atoms with Crippen molar-refractivity contribution >= 4 is 22.6 Å². The van der Waals surface area contributed by atoms with Gasteiger partial charge < -0.3 is 0 Å². The van der Waals surface area contributed by atoms with E-state index >= 15 is 0 Å². The summed E-state index contributed by atoms with van der Waals surface area (Å²) in [6.45, 7) is 0. The van der Waals surface area contributed by atoms with Crippen LogP contribution in [0.2, 0.25) is 0 Å². The molecule has 67 valence electrons. The van der Waals surface area contributed by atoms with Gasteiger partial charge in [0.2, 0.25) is 0 Å². The first-order chi connectivity index (χ1) is 6.04. The Morgan fingerprint density at radius 2 is 1.62 bits per heavy atom. The van der Waals surface area contributed by atoms with Crippen molar-refractivity contribution in [2.75, 3.05) is 0 Å². The molecule has 0 unspecified atom stereocenters. The van der Waals surface area contributed by atoms with Crippen LogP contribution in [0.15, 0.2) is 29.2 Å². The maximum atomic E-state index is 12.1. The molecule has 0 aliphatic rings. The molecule has 4 heteroatoms. The summed E-state index contributed by atoms with van der Waals surface area (Å²) in [5.74, 6) is 0. The Bertz CT molecular complexity index is 298. The third kappa shape index (κ3) is 2.91. The third-order valence-corrected chi connectivity index (χ3v) is 1.86. The predicted octanol–water partition coefficient (Wildman–Crippen LogP) is 2.84. The van der Waals surface area contributed by atoms with Crippen molar-refractivity contribution in [1.29, 1.82) is 0 Å². The molecule has 0 aromatic heterocycles. The Morgan fingerprint density at radius 3 is 2.00 bits per heavy atom. The first-order valence-corrected chi connectivity index (χ1v) is 4.76. The summed E-state index contributed by atoms with van der Waals surface area (Å²) >= 11 is 1.82. The first kappa shape index (κ1) is 10.4. The molecule has 0 aliphatic heterocycles. The van der Waals surface area contributed by atoms with Crippen LogP contribution in [0.4, 0.5) is 13.2 Å². The second-order valence-electron chi connectivity index (χ2n) is 2.45. The van der Waals surface area contributed by atoms with E-state index in [-0.39, 0.29) is 0 Å². The molecule has 0 atom stereocenters. The molecule has 0 fully saturated rings. The number of hydrogen-bond acceptors (Lipinski definition) is 0. The first-order valence-electron chi connectivity index (χ1n) is 3.55. The van der Waals surface area contributed by atoms with Gasteiger partial charge in [-0.05, 0) is 0 Å². The molecule has 1 aromatic rings. The predicted molar refractivity (Wildman–Crippen MR) is 46.2 cm³/mol. The third-order valence-electron chi connectivity index (χ3n) is 1.51. The normalized spacial score (nSPS) is 12.3. The van der Waals surface area contributed by atoms with Crippen molar-refractivity contribution in [2.45, 2.75) is 6.18 Å². The topological polar surface area (TPSA) is 0 Å². The average molecular weight is 244 g/mol. The molecule has 0 saturated heterocycles. The molecule has 0 heterocycles. The van der Waals surface area contributed by atoms with Gasteiger partial charge in [-0.15, -0.1) is 0 Å². The van der Waals surface area contributed by atoms with E-state index in [0.717, 1.165) is 17.7 Å².